The molecule has 0 aliphatic heterocycles. The summed E-state index contributed by atoms with van der Waals surface area (Å²) in [5.41, 5.74) is 0. The van der Waals surface area contributed by atoms with Crippen molar-refractivity contribution in [3.8, 4) is 0 Å². The van der Waals surface area contributed by atoms with Crippen molar-refractivity contribution >= 4 is 23.4 Å². The number of hydrogen-bond donors (Lipinski definition) is 0. The zero-order valence-electron chi connectivity index (χ0n) is 9.35. The summed E-state index contributed by atoms with van der Waals surface area (Å²) in [7, 11) is 6.20. The predicted octanol–water partition coefficient (Wildman–Crippen LogP) is 2.94. The molecule has 0 saturated carbocycles. The molecule has 0 bridgehead atoms. The molecule has 0 aromatic heterocycles. The topological polar surface area (TPSA) is 27.7 Å². The quantitative estimate of drug-likeness (QED) is 0.610. The third-order valence-electron chi connectivity index (χ3n) is 1.44. The van der Waals surface area contributed by atoms with Gasteiger partial charge in [0.1, 0.15) is 0 Å². The van der Waals surface area contributed by atoms with Crippen molar-refractivity contribution in [2.75, 3.05) is 19.8 Å². The Balaban J connectivity index is 3.89. The van der Waals surface area contributed by atoms with Crippen LogP contribution in [0.5, 0.6) is 0 Å². The van der Waals surface area contributed by atoms with Crippen molar-refractivity contribution in [3.05, 3.63) is 0 Å². The van der Waals surface area contributed by atoms with Gasteiger partial charge in [-0.3, -0.25) is 0 Å². The van der Waals surface area contributed by atoms with Gasteiger partial charge >= 0.3 is 94.5 Å². The van der Waals surface area contributed by atoms with Crippen LogP contribution in [-0.2, 0) is 11.3 Å². The molecular formula is C9H21ClGeO3. The van der Waals surface area contributed by atoms with E-state index in [2.05, 4.69) is 0 Å². The molecule has 0 rings (SSSR count). The van der Waals surface area contributed by atoms with E-state index < -0.39 is 13.3 Å². The minimum atomic E-state index is -3.35. The second-order valence-electron chi connectivity index (χ2n) is 3.03. The van der Waals surface area contributed by atoms with E-state index in [1.165, 1.54) is 0 Å². The standard InChI is InChI=1S/C9H21ClGeO3/c1-4-7-12-11(10,13-8-5-2)14-9-6-3/h4-9H2,1-3H3. The molecule has 14 heavy (non-hydrogen) atoms. The van der Waals surface area contributed by atoms with Crippen molar-refractivity contribution in [1.82, 2.24) is 0 Å². The zero-order chi connectivity index (χ0) is 10.9. The van der Waals surface area contributed by atoms with E-state index in [-0.39, 0.29) is 0 Å². The van der Waals surface area contributed by atoms with Crippen LogP contribution in [0.1, 0.15) is 40.0 Å². The Hall–Kier alpha value is 0.713. The van der Waals surface area contributed by atoms with Gasteiger partial charge in [0.05, 0.1) is 0 Å². The van der Waals surface area contributed by atoms with Crippen molar-refractivity contribution in [2.24, 2.45) is 0 Å². The Morgan fingerprint density at radius 3 is 1.29 bits per heavy atom. The Kier molecular flexibility index (Phi) is 9.43. The van der Waals surface area contributed by atoms with E-state index in [0.29, 0.717) is 19.8 Å². The van der Waals surface area contributed by atoms with Gasteiger partial charge in [0, 0.05) is 0 Å². The van der Waals surface area contributed by atoms with Crippen molar-refractivity contribution in [3.63, 3.8) is 0 Å². The van der Waals surface area contributed by atoms with E-state index in [9.17, 15) is 0 Å². The van der Waals surface area contributed by atoms with Gasteiger partial charge in [0.2, 0.25) is 0 Å². The molecule has 0 fully saturated rings. The summed E-state index contributed by atoms with van der Waals surface area (Å²) >= 11 is -3.35. The van der Waals surface area contributed by atoms with Crippen LogP contribution in [0, 0.1) is 0 Å². The fraction of sp³-hybridized carbons (Fsp3) is 1.00. The summed E-state index contributed by atoms with van der Waals surface area (Å²) in [6.07, 6.45) is 2.81. The normalized spacial score (nSPS) is 12.0. The molecule has 0 aromatic carbocycles. The molecule has 3 nitrogen and oxygen atoms in total. The van der Waals surface area contributed by atoms with E-state index in [1.54, 1.807) is 0 Å². The molecule has 5 heteroatoms. The average Bonchev–Trinajstić information content (AvgIpc) is 2.21. The summed E-state index contributed by atoms with van der Waals surface area (Å²) in [4.78, 5) is 0. The Morgan fingerprint density at radius 2 is 1.07 bits per heavy atom. The predicted molar refractivity (Wildman–Crippen MR) is 60.3 cm³/mol. The first-order valence-electron chi connectivity index (χ1n) is 5.29. The minimum absolute atomic E-state index is 0.622. The molecule has 0 unspecified atom stereocenters. The summed E-state index contributed by atoms with van der Waals surface area (Å²) in [6, 6.07) is 0. The van der Waals surface area contributed by atoms with Crippen molar-refractivity contribution in [2.45, 2.75) is 40.0 Å². The fourth-order valence-corrected chi connectivity index (χ4v) is 5.34. The fourth-order valence-electron chi connectivity index (χ4n) is 0.797. The molecule has 0 radical (unpaired) electrons. The maximum atomic E-state index is 6.20. The second-order valence-corrected chi connectivity index (χ2v) is 9.27. The molecule has 86 valence electrons. The summed E-state index contributed by atoms with van der Waals surface area (Å²) in [5.74, 6) is 0. The Morgan fingerprint density at radius 1 is 0.786 bits per heavy atom. The van der Waals surface area contributed by atoms with Crippen molar-refractivity contribution < 1.29 is 11.3 Å². The van der Waals surface area contributed by atoms with Crippen LogP contribution in [0.2, 0.25) is 0 Å². The Labute approximate surface area is 94.6 Å². The van der Waals surface area contributed by atoms with Gasteiger partial charge in [0.25, 0.3) is 0 Å². The van der Waals surface area contributed by atoms with Gasteiger partial charge in [-0.25, -0.2) is 0 Å². The number of halogens is 1. The van der Waals surface area contributed by atoms with Gasteiger partial charge in [-0.1, -0.05) is 0 Å². The van der Waals surface area contributed by atoms with Crippen molar-refractivity contribution in [1.29, 1.82) is 0 Å². The van der Waals surface area contributed by atoms with E-state index in [0.717, 1.165) is 19.3 Å². The molecule has 0 heterocycles. The van der Waals surface area contributed by atoms with E-state index >= 15 is 0 Å². The molecule has 0 aromatic rings. The first-order chi connectivity index (χ1) is 6.68. The second kappa shape index (κ2) is 8.98. The van der Waals surface area contributed by atoms with Crippen LogP contribution < -0.4 is 0 Å². The summed E-state index contributed by atoms with van der Waals surface area (Å²) < 4.78 is 16.5. The Bertz CT molecular complexity index is 113. The maximum absolute atomic E-state index is 6.20. The first kappa shape index (κ1) is 14.7. The monoisotopic (exact) mass is 286 g/mol. The van der Waals surface area contributed by atoms with Gasteiger partial charge in [-0.15, -0.1) is 0 Å². The first-order valence-corrected chi connectivity index (χ1v) is 10.6. The van der Waals surface area contributed by atoms with Gasteiger partial charge in [0.15, 0.2) is 0 Å². The molecule has 0 aliphatic carbocycles. The summed E-state index contributed by atoms with van der Waals surface area (Å²) in [6.45, 7) is 7.99. The number of hydrogen-bond acceptors (Lipinski definition) is 3. The SMILES string of the molecule is CCC[O][Ge]([Cl])([O]CCC)[O]CCC. The molecule has 0 aliphatic rings. The third kappa shape index (κ3) is 7.06. The molecule has 0 atom stereocenters. The van der Waals surface area contributed by atoms with Gasteiger partial charge < -0.3 is 0 Å². The average molecular weight is 285 g/mol. The molecule has 0 N–H and O–H groups in total. The van der Waals surface area contributed by atoms with Crippen LogP contribution in [0.4, 0.5) is 0 Å². The molecule has 0 saturated heterocycles. The van der Waals surface area contributed by atoms with Gasteiger partial charge in [-0.05, 0) is 0 Å². The van der Waals surface area contributed by atoms with E-state index in [4.69, 9.17) is 21.3 Å². The van der Waals surface area contributed by atoms with Crippen LogP contribution in [0.3, 0.4) is 0 Å². The third-order valence-corrected chi connectivity index (χ3v) is 6.59. The number of rotatable bonds is 9. The van der Waals surface area contributed by atoms with Crippen LogP contribution >= 0.6 is 10.0 Å². The molecule has 0 amide bonds. The molecular weight excluding hydrogens is 264 g/mol. The van der Waals surface area contributed by atoms with Crippen LogP contribution in [-0.4, -0.2) is 33.2 Å². The zero-order valence-corrected chi connectivity index (χ0v) is 12.2. The van der Waals surface area contributed by atoms with Crippen LogP contribution in [0.25, 0.3) is 0 Å². The summed E-state index contributed by atoms with van der Waals surface area (Å²) in [5, 5.41) is 0. The molecule has 0 spiro atoms. The van der Waals surface area contributed by atoms with Crippen LogP contribution in [0.15, 0.2) is 0 Å². The van der Waals surface area contributed by atoms with Gasteiger partial charge in [-0.2, -0.15) is 0 Å². The van der Waals surface area contributed by atoms with E-state index in [1.807, 2.05) is 20.8 Å².